The van der Waals surface area contributed by atoms with Crippen LogP contribution in [0.3, 0.4) is 0 Å². The molecule has 1 aromatic carbocycles. The van der Waals surface area contributed by atoms with Gasteiger partial charge >= 0.3 is 0 Å². The van der Waals surface area contributed by atoms with E-state index in [4.69, 9.17) is 5.11 Å². The van der Waals surface area contributed by atoms with Crippen molar-refractivity contribution in [3.8, 4) is 0 Å². The number of pyridine rings is 1. The van der Waals surface area contributed by atoms with Crippen LogP contribution in [0.4, 0.5) is 0 Å². The van der Waals surface area contributed by atoms with Crippen LogP contribution < -0.4 is 0 Å². The molecule has 0 saturated carbocycles. The molecule has 0 aliphatic carbocycles. The van der Waals surface area contributed by atoms with Crippen molar-refractivity contribution >= 4 is 6.08 Å². The van der Waals surface area contributed by atoms with Crippen molar-refractivity contribution in [1.29, 1.82) is 0 Å². The summed E-state index contributed by atoms with van der Waals surface area (Å²) in [4.78, 5) is 4.11. The van der Waals surface area contributed by atoms with Crippen molar-refractivity contribution in [2.24, 2.45) is 0 Å². The molecule has 18 heavy (non-hydrogen) atoms. The average molecular weight is 239 g/mol. The number of aliphatic hydroxyl groups is 1. The minimum atomic E-state index is 0.109. The van der Waals surface area contributed by atoms with Crippen LogP contribution in [0.2, 0.25) is 0 Å². The van der Waals surface area contributed by atoms with E-state index in [9.17, 15) is 0 Å². The highest BCUT2D eigenvalue weighted by Crippen LogP contribution is 2.12. The molecule has 1 heterocycles. The Labute approximate surface area is 108 Å². The minimum absolute atomic E-state index is 0.109. The Kier molecular flexibility index (Phi) is 4.26. The van der Waals surface area contributed by atoms with Gasteiger partial charge in [-0.1, -0.05) is 36.4 Å². The molecule has 0 spiro atoms. The van der Waals surface area contributed by atoms with Gasteiger partial charge < -0.3 is 5.11 Å². The standard InChI is InChI=1S/C16H17NO/c1-13(12-18)9-14-4-6-15(7-5-14)10-16-3-2-8-17-11-16/h2-9,11,18H,10,12H2,1H3. The third kappa shape index (κ3) is 3.54. The summed E-state index contributed by atoms with van der Waals surface area (Å²) in [6.07, 6.45) is 6.57. The zero-order valence-electron chi connectivity index (χ0n) is 10.5. The zero-order valence-corrected chi connectivity index (χ0v) is 10.5. The summed E-state index contributed by atoms with van der Waals surface area (Å²) in [5.41, 5.74) is 4.57. The Morgan fingerprint density at radius 1 is 1.17 bits per heavy atom. The van der Waals surface area contributed by atoms with Gasteiger partial charge in [-0.3, -0.25) is 4.98 Å². The molecule has 1 N–H and O–H groups in total. The average Bonchev–Trinajstić information content (AvgIpc) is 2.42. The van der Waals surface area contributed by atoms with E-state index >= 15 is 0 Å². The summed E-state index contributed by atoms with van der Waals surface area (Å²) in [5.74, 6) is 0. The van der Waals surface area contributed by atoms with E-state index in [0.29, 0.717) is 0 Å². The van der Waals surface area contributed by atoms with Crippen molar-refractivity contribution in [2.75, 3.05) is 6.61 Å². The zero-order chi connectivity index (χ0) is 12.8. The van der Waals surface area contributed by atoms with E-state index < -0.39 is 0 Å². The highest BCUT2D eigenvalue weighted by Gasteiger charge is 1.96. The summed E-state index contributed by atoms with van der Waals surface area (Å²) in [6, 6.07) is 12.4. The van der Waals surface area contributed by atoms with Gasteiger partial charge in [0.1, 0.15) is 0 Å². The van der Waals surface area contributed by atoms with E-state index in [1.54, 1.807) is 6.20 Å². The van der Waals surface area contributed by atoms with Gasteiger partial charge in [-0.2, -0.15) is 0 Å². The lowest BCUT2D eigenvalue weighted by Gasteiger charge is -2.02. The van der Waals surface area contributed by atoms with Gasteiger partial charge in [0.2, 0.25) is 0 Å². The van der Waals surface area contributed by atoms with Crippen LogP contribution in [-0.4, -0.2) is 16.7 Å². The van der Waals surface area contributed by atoms with Crippen LogP contribution >= 0.6 is 0 Å². The topological polar surface area (TPSA) is 33.1 Å². The van der Waals surface area contributed by atoms with Crippen molar-refractivity contribution in [2.45, 2.75) is 13.3 Å². The van der Waals surface area contributed by atoms with Crippen LogP contribution in [0.15, 0.2) is 54.4 Å². The van der Waals surface area contributed by atoms with Crippen LogP contribution in [0.25, 0.3) is 6.08 Å². The first-order chi connectivity index (χ1) is 8.78. The van der Waals surface area contributed by atoms with Crippen molar-refractivity contribution in [3.05, 3.63) is 71.1 Å². The molecule has 0 aliphatic rings. The molecule has 2 nitrogen and oxygen atoms in total. The summed E-state index contributed by atoms with van der Waals surface area (Å²) in [7, 11) is 0. The first kappa shape index (κ1) is 12.5. The number of hydrogen-bond donors (Lipinski definition) is 1. The van der Waals surface area contributed by atoms with E-state index in [2.05, 4.69) is 35.3 Å². The summed E-state index contributed by atoms with van der Waals surface area (Å²) in [5, 5.41) is 8.97. The molecule has 2 heteroatoms. The number of rotatable bonds is 4. The van der Waals surface area contributed by atoms with Crippen LogP contribution in [-0.2, 0) is 6.42 Å². The SMILES string of the molecule is CC(=Cc1ccc(Cc2cccnc2)cc1)CO. The van der Waals surface area contributed by atoms with E-state index in [1.165, 1.54) is 11.1 Å². The van der Waals surface area contributed by atoms with Gasteiger partial charge in [0, 0.05) is 12.4 Å². The summed E-state index contributed by atoms with van der Waals surface area (Å²) in [6.45, 7) is 2.03. The van der Waals surface area contributed by atoms with Gasteiger partial charge in [-0.05, 0) is 41.7 Å². The Morgan fingerprint density at radius 3 is 2.56 bits per heavy atom. The minimum Gasteiger partial charge on any atom is -0.392 e. The Balaban J connectivity index is 2.09. The van der Waals surface area contributed by atoms with E-state index in [0.717, 1.165) is 17.6 Å². The Hall–Kier alpha value is -1.93. The number of aliphatic hydroxyl groups excluding tert-OH is 1. The molecule has 0 radical (unpaired) electrons. The lowest BCUT2D eigenvalue weighted by atomic mass is 10.0. The molecule has 0 aliphatic heterocycles. The Morgan fingerprint density at radius 2 is 1.94 bits per heavy atom. The van der Waals surface area contributed by atoms with Crippen molar-refractivity contribution < 1.29 is 5.11 Å². The monoisotopic (exact) mass is 239 g/mol. The van der Waals surface area contributed by atoms with Gasteiger partial charge in [-0.15, -0.1) is 0 Å². The number of benzene rings is 1. The third-order valence-corrected chi connectivity index (χ3v) is 2.77. The molecular weight excluding hydrogens is 222 g/mol. The summed E-state index contributed by atoms with van der Waals surface area (Å²) < 4.78 is 0. The van der Waals surface area contributed by atoms with Crippen LogP contribution in [0, 0.1) is 0 Å². The van der Waals surface area contributed by atoms with Gasteiger partial charge in [0.15, 0.2) is 0 Å². The maximum absolute atomic E-state index is 8.97. The third-order valence-electron chi connectivity index (χ3n) is 2.77. The molecule has 2 rings (SSSR count). The second-order valence-corrected chi connectivity index (χ2v) is 4.43. The maximum atomic E-state index is 8.97. The van der Waals surface area contributed by atoms with Gasteiger partial charge in [0.05, 0.1) is 6.61 Å². The lowest BCUT2D eigenvalue weighted by molar-refractivity contribution is 0.332. The quantitative estimate of drug-likeness (QED) is 0.889. The predicted molar refractivity (Wildman–Crippen MR) is 74.2 cm³/mol. The molecule has 0 saturated heterocycles. The predicted octanol–water partition coefficient (Wildman–Crippen LogP) is 3.07. The van der Waals surface area contributed by atoms with Gasteiger partial charge in [0.25, 0.3) is 0 Å². The molecule has 0 fully saturated rings. The van der Waals surface area contributed by atoms with E-state index in [1.807, 2.05) is 25.3 Å². The molecule has 0 amide bonds. The van der Waals surface area contributed by atoms with Crippen LogP contribution in [0.5, 0.6) is 0 Å². The lowest BCUT2D eigenvalue weighted by Crippen LogP contribution is -1.89. The number of hydrogen-bond acceptors (Lipinski definition) is 2. The maximum Gasteiger partial charge on any atom is 0.0642 e. The molecule has 0 atom stereocenters. The molecule has 1 aromatic heterocycles. The highest BCUT2D eigenvalue weighted by atomic mass is 16.3. The highest BCUT2D eigenvalue weighted by molar-refractivity contribution is 5.53. The van der Waals surface area contributed by atoms with E-state index in [-0.39, 0.29) is 6.61 Å². The second kappa shape index (κ2) is 6.12. The first-order valence-corrected chi connectivity index (χ1v) is 6.04. The second-order valence-electron chi connectivity index (χ2n) is 4.43. The van der Waals surface area contributed by atoms with Crippen molar-refractivity contribution in [3.63, 3.8) is 0 Å². The normalized spacial score (nSPS) is 11.6. The molecule has 2 aromatic rings. The number of aromatic nitrogens is 1. The Bertz CT molecular complexity index is 515. The fraction of sp³-hybridized carbons (Fsp3) is 0.188. The number of nitrogens with zero attached hydrogens (tertiary/aromatic N) is 1. The van der Waals surface area contributed by atoms with Crippen molar-refractivity contribution in [1.82, 2.24) is 4.98 Å². The molecular formula is C16H17NO. The molecule has 92 valence electrons. The molecule has 0 unspecified atom stereocenters. The first-order valence-electron chi connectivity index (χ1n) is 6.04. The largest absolute Gasteiger partial charge is 0.392 e. The fourth-order valence-corrected chi connectivity index (χ4v) is 1.80. The van der Waals surface area contributed by atoms with Gasteiger partial charge in [-0.25, -0.2) is 0 Å². The van der Waals surface area contributed by atoms with Crippen LogP contribution in [0.1, 0.15) is 23.6 Å². The summed E-state index contributed by atoms with van der Waals surface area (Å²) >= 11 is 0. The fourth-order valence-electron chi connectivity index (χ4n) is 1.80. The smallest absolute Gasteiger partial charge is 0.0642 e. The molecule has 0 bridgehead atoms.